The zero-order chi connectivity index (χ0) is 17.4. The van der Waals surface area contributed by atoms with Crippen LogP contribution < -0.4 is 24.8 Å². The van der Waals surface area contributed by atoms with Crippen LogP contribution in [0.4, 0.5) is 15.6 Å². The van der Waals surface area contributed by atoms with Gasteiger partial charge in [-0.05, 0) is 18.2 Å². The number of amides is 2. The number of hydrogen-bond donors (Lipinski definition) is 2. The summed E-state index contributed by atoms with van der Waals surface area (Å²) in [4.78, 5) is 16.6. The molecular formula is C16H12ClN3O4S. The molecule has 2 aromatic carbocycles. The first-order valence-electron chi connectivity index (χ1n) is 7.24. The number of hydrogen-bond acceptors (Lipinski definition) is 6. The number of urea groups is 1. The van der Waals surface area contributed by atoms with Gasteiger partial charge >= 0.3 is 6.03 Å². The first-order valence-corrected chi connectivity index (χ1v) is 8.43. The fourth-order valence-corrected chi connectivity index (χ4v) is 3.44. The zero-order valence-electron chi connectivity index (χ0n) is 13.0. The number of carbonyl (C=O) groups excluding carboxylic acids is 1. The molecule has 0 bridgehead atoms. The monoisotopic (exact) mass is 377 g/mol. The number of rotatable bonds is 3. The third-order valence-electron chi connectivity index (χ3n) is 3.51. The lowest BCUT2D eigenvalue weighted by molar-refractivity contribution is 0.174. The zero-order valence-corrected chi connectivity index (χ0v) is 14.5. The Labute approximate surface area is 151 Å². The van der Waals surface area contributed by atoms with Crippen molar-refractivity contribution in [3.63, 3.8) is 0 Å². The summed E-state index contributed by atoms with van der Waals surface area (Å²) in [5.41, 5.74) is 1.19. The highest BCUT2D eigenvalue weighted by atomic mass is 35.5. The van der Waals surface area contributed by atoms with E-state index in [0.717, 1.165) is 10.2 Å². The van der Waals surface area contributed by atoms with Crippen LogP contribution in [0.25, 0.3) is 10.2 Å². The second-order valence-electron chi connectivity index (χ2n) is 5.12. The average molecular weight is 378 g/mol. The van der Waals surface area contributed by atoms with Crippen molar-refractivity contribution in [3.8, 4) is 17.2 Å². The molecule has 0 saturated carbocycles. The molecule has 2 heterocycles. The Balaban J connectivity index is 1.53. The van der Waals surface area contributed by atoms with Gasteiger partial charge in [0.05, 0.1) is 23.0 Å². The number of halogens is 1. The highest BCUT2D eigenvalue weighted by Crippen LogP contribution is 2.39. The molecule has 0 atom stereocenters. The van der Waals surface area contributed by atoms with E-state index in [-0.39, 0.29) is 6.79 Å². The summed E-state index contributed by atoms with van der Waals surface area (Å²) in [6, 6.07) is 8.16. The Morgan fingerprint density at radius 3 is 2.84 bits per heavy atom. The molecule has 0 aliphatic carbocycles. The van der Waals surface area contributed by atoms with Crippen molar-refractivity contribution in [1.82, 2.24) is 4.98 Å². The molecule has 0 fully saturated rings. The van der Waals surface area contributed by atoms with Crippen molar-refractivity contribution in [1.29, 1.82) is 0 Å². The maximum absolute atomic E-state index is 12.2. The Morgan fingerprint density at radius 2 is 2.04 bits per heavy atom. The predicted octanol–water partition coefficient (Wildman–Crippen LogP) is 4.33. The van der Waals surface area contributed by atoms with Crippen molar-refractivity contribution >= 4 is 50.0 Å². The van der Waals surface area contributed by atoms with E-state index in [0.29, 0.717) is 33.1 Å². The summed E-state index contributed by atoms with van der Waals surface area (Å²) in [6.07, 6.45) is 0. The summed E-state index contributed by atoms with van der Waals surface area (Å²) < 4.78 is 16.8. The quantitative estimate of drug-likeness (QED) is 0.709. The van der Waals surface area contributed by atoms with E-state index < -0.39 is 6.03 Å². The minimum atomic E-state index is -0.445. The number of thiazole rings is 1. The van der Waals surface area contributed by atoms with E-state index in [1.165, 1.54) is 18.4 Å². The molecular weight excluding hydrogens is 366 g/mol. The van der Waals surface area contributed by atoms with Gasteiger partial charge in [-0.3, -0.25) is 5.32 Å². The summed E-state index contributed by atoms with van der Waals surface area (Å²) in [6.45, 7) is 0.210. The van der Waals surface area contributed by atoms with Gasteiger partial charge in [-0.2, -0.15) is 0 Å². The normalized spacial score (nSPS) is 12.2. The minimum Gasteiger partial charge on any atom is -0.495 e. The second kappa shape index (κ2) is 6.30. The van der Waals surface area contributed by atoms with E-state index in [1.807, 2.05) is 6.07 Å². The number of anilines is 2. The molecule has 0 radical (unpaired) electrons. The second-order valence-corrected chi connectivity index (χ2v) is 6.58. The van der Waals surface area contributed by atoms with Crippen LogP contribution in [0.2, 0.25) is 5.02 Å². The van der Waals surface area contributed by atoms with E-state index >= 15 is 0 Å². The lowest BCUT2D eigenvalue weighted by Gasteiger charge is -2.10. The van der Waals surface area contributed by atoms with Crippen LogP contribution in [0.1, 0.15) is 0 Å². The molecule has 128 valence electrons. The predicted molar refractivity (Wildman–Crippen MR) is 96.4 cm³/mol. The average Bonchev–Trinajstić information content (AvgIpc) is 3.17. The number of benzene rings is 2. The van der Waals surface area contributed by atoms with Crippen LogP contribution in [0.15, 0.2) is 30.3 Å². The van der Waals surface area contributed by atoms with Crippen LogP contribution in [0, 0.1) is 0 Å². The summed E-state index contributed by atoms with van der Waals surface area (Å²) in [5.74, 6) is 1.84. The van der Waals surface area contributed by atoms with Crippen molar-refractivity contribution in [2.45, 2.75) is 0 Å². The molecule has 1 aliphatic heterocycles. The Bertz CT molecular complexity index is 934. The molecule has 25 heavy (non-hydrogen) atoms. The van der Waals surface area contributed by atoms with Crippen LogP contribution in [-0.2, 0) is 0 Å². The number of aromatic nitrogens is 1. The standard InChI is InChI=1S/C16H12ClN3O4S/c1-22-11-3-2-8(17)4-9(11)18-15(21)20-16-19-10-5-12-13(24-7-23-12)6-14(10)25-16/h2-6H,7H2,1H3,(H2,18,19,20,21). The fraction of sp³-hybridized carbons (Fsp3) is 0.125. The first kappa shape index (κ1) is 15.8. The summed E-state index contributed by atoms with van der Waals surface area (Å²) in [5, 5.41) is 6.35. The number of carbonyl (C=O) groups is 1. The molecule has 0 unspecified atom stereocenters. The molecule has 4 rings (SSSR count). The van der Waals surface area contributed by atoms with Gasteiger partial charge in [0.2, 0.25) is 6.79 Å². The third kappa shape index (κ3) is 3.13. The van der Waals surface area contributed by atoms with Gasteiger partial charge in [0, 0.05) is 17.2 Å². The van der Waals surface area contributed by atoms with Crippen molar-refractivity contribution in [2.24, 2.45) is 0 Å². The maximum atomic E-state index is 12.2. The SMILES string of the molecule is COc1ccc(Cl)cc1NC(=O)Nc1nc2cc3c(cc2s1)OCO3. The lowest BCUT2D eigenvalue weighted by Crippen LogP contribution is -2.19. The van der Waals surface area contributed by atoms with Gasteiger partial charge in [-0.25, -0.2) is 9.78 Å². The molecule has 1 aliphatic rings. The Kier molecular flexibility index (Phi) is 3.98. The third-order valence-corrected chi connectivity index (χ3v) is 4.68. The molecule has 0 saturated heterocycles. The van der Waals surface area contributed by atoms with Gasteiger partial charge in [0.1, 0.15) is 5.75 Å². The smallest absolute Gasteiger partial charge is 0.325 e. The van der Waals surface area contributed by atoms with Crippen LogP contribution in [0.3, 0.4) is 0 Å². The highest BCUT2D eigenvalue weighted by molar-refractivity contribution is 7.22. The maximum Gasteiger partial charge on any atom is 0.325 e. The van der Waals surface area contributed by atoms with Gasteiger partial charge < -0.3 is 19.5 Å². The van der Waals surface area contributed by atoms with Crippen molar-refractivity contribution < 1.29 is 19.0 Å². The molecule has 7 nitrogen and oxygen atoms in total. The fourth-order valence-electron chi connectivity index (χ4n) is 2.40. The van der Waals surface area contributed by atoms with Gasteiger partial charge in [0.25, 0.3) is 0 Å². The van der Waals surface area contributed by atoms with Crippen molar-refractivity contribution in [3.05, 3.63) is 35.4 Å². The van der Waals surface area contributed by atoms with Gasteiger partial charge in [0.15, 0.2) is 16.6 Å². The van der Waals surface area contributed by atoms with Crippen LogP contribution >= 0.6 is 22.9 Å². The molecule has 2 amide bonds. The number of nitrogens with zero attached hydrogens (tertiary/aromatic N) is 1. The molecule has 9 heteroatoms. The first-order chi connectivity index (χ1) is 12.1. The highest BCUT2D eigenvalue weighted by Gasteiger charge is 2.17. The summed E-state index contributed by atoms with van der Waals surface area (Å²) >= 11 is 7.30. The minimum absolute atomic E-state index is 0.210. The van der Waals surface area contributed by atoms with E-state index in [4.69, 9.17) is 25.8 Å². The Hall–Kier alpha value is -2.71. The van der Waals surface area contributed by atoms with E-state index in [9.17, 15) is 4.79 Å². The molecule has 0 spiro atoms. The Morgan fingerprint density at radius 1 is 1.24 bits per heavy atom. The van der Waals surface area contributed by atoms with Crippen LogP contribution in [0.5, 0.6) is 17.2 Å². The lowest BCUT2D eigenvalue weighted by atomic mass is 10.3. The van der Waals surface area contributed by atoms with Crippen molar-refractivity contribution in [2.75, 3.05) is 24.5 Å². The molecule has 2 N–H and O–H groups in total. The number of ether oxygens (including phenoxy) is 3. The number of fused-ring (bicyclic) bond motifs is 2. The van der Waals surface area contributed by atoms with Gasteiger partial charge in [-0.1, -0.05) is 22.9 Å². The molecule has 1 aromatic heterocycles. The van der Waals surface area contributed by atoms with E-state index in [2.05, 4.69) is 15.6 Å². The largest absolute Gasteiger partial charge is 0.495 e. The van der Waals surface area contributed by atoms with Crippen LogP contribution in [-0.4, -0.2) is 24.9 Å². The number of nitrogens with one attached hydrogen (secondary N) is 2. The van der Waals surface area contributed by atoms with E-state index in [1.54, 1.807) is 24.3 Å². The summed E-state index contributed by atoms with van der Waals surface area (Å²) in [7, 11) is 1.52. The topological polar surface area (TPSA) is 81.7 Å². The number of methoxy groups -OCH3 is 1. The van der Waals surface area contributed by atoms with Gasteiger partial charge in [-0.15, -0.1) is 0 Å². The molecule has 3 aromatic rings.